The lowest BCUT2D eigenvalue weighted by Gasteiger charge is -2.19. The van der Waals surface area contributed by atoms with Crippen LogP contribution in [0.25, 0.3) is 0 Å². The fourth-order valence-electron chi connectivity index (χ4n) is 1.89. The molecule has 1 heterocycles. The Morgan fingerprint density at radius 3 is 3.19 bits per heavy atom. The first kappa shape index (κ1) is 10.8. The van der Waals surface area contributed by atoms with E-state index >= 15 is 0 Å². The van der Waals surface area contributed by atoms with E-state index in [0.29, 0.717) is 11.7 Å². The topological polar surface area (TPSA) is 48.7 Å². The fraction of sp³-hybridized carbons (Fsp3) is 0.385. The van der Waals surface area contributed by atoms with Gasteiger partial charge in [0, 0.05) is 18.8 Å². The summed E-state index contributed by atoms with van der Waals surface area (Å²) >= 11 is 0. The van der Waals surface area contributed by atoms with Crippen LogP contribution in [0.15, 0.2) is 30.5 Å². The second-order valence-electron chi connectivity index (χ2n) is 4.02. The molecule has 0 saturated carbocycles. The van der Waals surface area contributed by atoms with E-state index in [1.807, 2.05) is 12.1 Å². The third-order valence-corrected chi connectivity index (χ3v) is 2.80. The van der Waals surface area contributed by atoms with Gasteiger partial charge in [-0.15, -0.1) is 0 Å². The van der Waals surface area contributed by atoms with Crippen molar-refractivity contribution >= 4 is 0 Å². The number of allylic oxidation sites excluding steroid dienone is 1. The fourth-order valence-corrected chi connectivity index (χ4v) is 1.89. The van der Waals surface area contributed by atoms with E-state index in [4.69, 9.17) is 5.26 Å². The van der Waals surface area contributed by atoms with E-state index in [2.05, 4.69) is 28.5 Å². The number of hydrogen-bond acceptors (Lipinski definition) is 3. The van der Waals surface area contributed by atoms with E-state index in [9.17, 15) is 0 Å². The van der Waals surface area contributed by atoms with Crippen molar-refractivity contribution < 1.29 is 0 Å². The summed E-state index contributed by atoms with van der Waals surface area (Å²) < 4.78 is 0. The minimum atomic E-state index is 0.489. The second kappa shape index (κ2) is 5.43. The Morgan fingerprint density at radius 1 is 1.50 bits per heavy atom. The van der Waals surface area contributed by atoms with Crippen molar-refractivity contribution in [1.29, 1.82) is 5.26 Å². The molecule has 0 fully saturated rings. The van der Waals surface area contributed by atoms with Crippen molar-refractivity contribution in [1.82, 2.24) is 10.3 Å². The van der Waals surface area contributed by atoms with Crippen LogP contribution in [0.4, 0.5) is 0 Å². The van der Waals surface area contributed by atoms with Crippen LogP contribution in [0.3, 0.4) is 0 Å². The molecule has 1 aromatic rings. The summed E-state index contributed by atoms with van der Waals surface area (Å²) in [5.74, 6) is 0. The van der Waals surface area contributed by atoms with E-state index in [1.54, 1.807) is 6.20 Å². The van der Waals surface area contributed by atoms with E-state index in [-0.39, 0.29) is 0 Å². The molecule has 1 N–H and O–H groups in total. The Morgan fingerprint density at radius 2 is 2.44 bits per heavy atom. The lowest BCUT2D eigenvalue weighted by Crippen LogP contribution is -2.29. The molecule has 3 heteroatoms. The average Bonchev–Trinajstić information content (AvgIpc) is 2.38. The normalized spacial score (nSPS) is 19.3. The smallest absolute Gasteiger partial charge is 0.140 e. The predicted molar refractivity (Wildman–Crippen MR) is 62.6 cm³/mol. The van der Waals surface area contributed by atoms with Gasteiger partial charge in [-0.05, 0) is 37.0 Å². The van der Waals surface area contributed by atoms with E-state index in [1.165, 1.54) is 6.42 Å². The molecule has 0 aliphatic heterocycles. The van der Waals surface area contributed by atoms with Gasteiger partial charge >= 0.3 is 0 Å². The zero-order valence-electron chi connectivity index (χ0n) is 9.19. The lowest BCUT2D eigenvalue weighted by molar-refractivity contribution is 0.474. The monoisotopic (exact) mass is 213 g/mol. The van der Waals surface area contributed by atoms with Crippen molar-refractivity contribution in [2.75, 3.05) is 0 Å². The van der Waals surface area contributed by atoms with Gasteiger partial charge in [-0.2, -0.15) is 5.26 Å². The SMILES string of the molecule is N#Cc1cc(CNC2CC=CCC2)ccn1. The van der Waals surface area contributed by atoms with Crippen LogP contribution < -0.4 is 5.32 Å². The molecule has 0 saturated heterocycles. The number of pyridine rings is 1. The van der Waals surface area contributed by atoms with Gasteiger partial charge in [-0.1, -0.05) is 12.2 Å². The van der Waals surface area contributed by atoms with Crippen molar-refractivity contribution in [2.45, 2.75) is 31.8 Å². The summed E-state index contributed by atoms with van der Waals surface area (Å²) in [6, 6.07) is 6.42. The van der Waals surface area contributed by atoms with E-state index < -0.39 is 0 Å². The summed E-state index contributed by atoms with van der Waals surface area (Å²) in [4.78, 5) is 3.95. The van der Waals surface area contributed by atoms with Crippen LogP contribution in [0.1, 0.15) is 30.5 Å². The van der Waals surface area contributed by atoms with Gasteiger partial charge < -0.3 is 5.32 Å². The number of nitriles is 1. The highest BCUT2D eigenvalue weighted by Crippen LogP contribution is 2.11. The summed E-state index contributed by atoms with van der Waals surface area (Å²) in [5.41, 5.74) is 1.61. The summed E-state index contributed by atoms with van der Waals surface area (Å²) in [6.45, 7) is 0.815. The first-order valence-electron chi connectivity index (χ1n) is 5.62. The first-order chi connectivity index (χ1) is 7.88. The van der Waals surface area contributed by atoms with Gasteiger partial charge in [0.05, 0.1) is 0 Å². The standard InChI is InChI=1S/C13H15N3/c14-9-13-8-11(6-7-15-13)10-16-12-4-2-1-3-5-12/h1-2,6-8,12,16H,3-5,10H2. The van der Waals surface area contributed by atoms with Crippen molar-refractivity contribution in [2.24, 2.45) is 0 Å². The Labute approximate surface area is 95.8 Å². The van der Waals surface area contributed by atoms with Crippen LogP contribution >= 0.6 is 0 Å². The molecule has 2 rings (SSSR count). The van der Waals surface area contributed by atoms with Crippen molar-refractivity contribution in [3.8, 4) is 6.07 Å². The highest BCUT2D eigenvalue weighted by atomic mass is 14.9. The quantitative estimate of drug-likeness (QED) is 0.783. The largest absolute Gasteiger partial charge is 0.310 e. The lowest BCUT2D eigenvalue weighted by atomic mass is 10.0. The molecular weight excluding hydrogens is 198 g/mol. The Balaban J connectivity index is 1.89. The molecule has 0 spiro atoms. The molecule has 0 aromatic carbocycles. The van der Waals surface area contributed by atoms with Gasteiger partial charge in [-0.3, -0.25) is 0 Å². The maximum atomic E-state index is 8.74. The van der Waals surface area contributed by atoms with Gasteiger partial charge in [0.2, 0.25) is 0 Å². The molecular formula is C13H15N3. The summed E-state index contributed by atoms with van der Waals surface area (Å²) in [5, 5.41) is 12.2. The summed E-state index contributed by atoms with van der Waals surface area (Å²) in [6.07, 6.45) is 9.63. The molecule has 16 heavy (non-hydrogen) atoms. The highest BCUT2D eigenvalue weighted by molar-refractivity contribution is 5.25. The zero-order chi connectivity index (χ0) is 11.2. The van der Waals surface area contributed by atoms with Gasteiger partial charge in [0.25, 0.3) is 0 Å². The highest BCUT2D eigenvalue weighted by Gasteiger charge is 2.08. The molecule has 82 valence electrons. The van der Waals surface area contributed by atoms with Gasteiger partial charge in [0.15, 0.2) is 0 Å². The van der Waals surface area contributed by atoms with Crippen LogP contribution in [-0.4, -0.2) is 11.0 Å². The molecule has 0 radical (unpaired) electrons. The molecule has 1 aliphatic carbocycles. The maximum absolute atomic E-state index is 8.74. The van der Waals surface area contributed by atoms with Crippen molar-refractivity contribution in [3.63, 3.8) is 0 Å². The average molecular weight is 213 g/mol. The number of hydrogen-bond donors (Lipinski definition) is 1. The Hall–Kier alpha value is -1.66. The number of rotatable bonds is 3. The maximum Gasteiger partial charge on any atom is 0.140 e. The van der Waals surface area contributed by atoms with Gasteiger partial charge in [0.1, 0.15) is 11.8 Å². The third-order valence-electron chi connectivity index (χ3n) is 2.80. The number of nitrogens with one attached hydrogen (secondary N) is 1. The van der Waals surface area contributed by atoms with Crippen molar-refractivity contribution in [3.05, 3.63) is 41.7 Å². The van der Waals surface area contributed by atoms with Crippen LogP contribution in [0.2, 0.25) is 0 Å². The third kappa shape index (κ3) is 2.91. The van der Waals surface area contributed by atoms with Crippen LogP contribution in [0, 0.1) is 11.3 Å². The minimum absolute atomic E-state index is 0.489. The first-order valence-corrected chi connectivity index (χ1v) is 5.62. The summed E-state index contributed by atoms with van der Waals surface area (Å²) in [7, 11) is 0. The van der Waals surface area contributed by atoms with Gasteiger partial charge in [-0.25, -0.2) is 4.98 Å². The molecule has 1 aliphatic rings. The Kier molecular flexibility index (Phi) is 3.68. The zero-order valence-corrected chi connectivity index (χ0v) is 9.19. The van der Waals surface area contributed by atoms with Crippen LogP contribution in [0.5, 0.6) is 0 Å². The molecule has 0 bridgehead atoms. The Bertz CT molecular complexity index is 417. The molecule has 0 amide bonds. The molecule has 1 aromatic heterocycles. The number of nitrogens with zero attached hydrogens (tertiary/aromatic N) is 2. The molecule has 3 nitrogen and oxygen atoms in total. The predicted octanol–water partition coefficient (Wildman–Crippen LogP) is 2.15. The number of aromatic nitrogens is 1. The second-order valence-corrected chi connectivity index (χ2v) is 4.02. The minimum Gasteiger partial charge on any atom is -0.310 e. The molecule has 1 atom stereocenters. The molecule has 1 unspecified atom stereocenters. The van der Waals surface area contributed by atoms with E-state index in [0.717, 1.165) is 24.9 Å². The van der Waals surface area contributed by atoms with Crippen LogP contribution in [-0.2, 0) is 6.54 Å².